The van der Waals surface area contributed by atoms with Crippen molar-refractivity contribution in [1.29, 1.82) is 0 Å². The van der Waals surface area contributed by atoms with Crippen molar-refractivity contribution in [2.24, 2.45) is 0 Å². The maximum absolute atomic E-state index is 12.6. The second-order valence-electron chi connectivity index (χ2n) is 4.70. The van der Waals surface area contributed by atoms with Gasteiger partial charge in [-0.05, 0) is 30.7 Å². The lowest BCUT2D eigenvalue weighted by Gasteiger charge is -2.17. The molecule has 1 atom stereocenters. The zero-order valence-electron chi connectivity index (χ0n) is 10.8. The Hall–Kier alpha value is -1.98. The van der Waals surface area contributed by atoms with E-state index in [9.17, 15) is 18.0 Å². The predicted octanol–water partition coefficient (Wildman–Crippen LogP) is 2.90. The average Bonchev–Trinajstić information content (AvgIpc) is 2.85. The van der Waals surface area contributed by atoms with Crippen LogP contribution in [-0.2, 0) is 11.0 Å². The second kappa shape index (κ2) is 5.56. The maximum Gasteiger partial charge on any atom is 0.416 e. The van der Waals surface area contributed by atoms with Crippen LogP contribution in [-0.4, -0.2) is 29.9 Å². The van der Waals surface area contributed by atoms with Crippen LogP contribution in [0.5, 0.6) is 0 Å². The number of hydrogen-bond donors (Lipinski definition) is 1. The number of nitrogens with zero attached hydrogens (tertiary/aromatic N) is 1. The van der Waals surface area contributed by atoms with Gasteiger partial charge in [-0.2, -0.15) is 13.2 Å². The van der Waals surface area contributed by atoms with E-state index in [1.807, 2.05) is 0 Å². The average molecular weight is 284 g/mol. The lowest BCUT2D eigenvalue weighted by atomic mass is 10.1. The van der Waals surface area contributed by atoms with Crippen LogP contribution >= 0.6 is 0 Å². The molecule has 0 aromatic heterocycles. The monoisotopic (exact) mass is 284 g/mol. The van der Waals surface area contributed by atoms with Crippen LogP contribution in [0, 0.1) is 0 Å². The summed E-state index contributed by atoms with van der Waals surface area (Å²) in [7, 11) is 0. The molecule has 1 amide bonds. The van der Waals surface area contributed by atoms with E-state index in [-0.39, 0.29) is 11.9 Å². The molecule has 2 rings (SSSR count). The molecule has 3 nitrogen and oxygen atoms in total. The smallest absolute Gasteiger partial charge is 0.380 e. The zero-order chi connectivity index (χ0) is 14.8. The van der Waals surface area contributed by atoms with Gasteiger partial charge in [-0.15, -0.1) is 0 Å². The maximum atomic E-state index is 12.6. The molecule has 1 aliphatic rings. The van der Waals surface area contributed by atoms with Gasteiger partial charge in [-0.3, -0.25) is 4.79 Å². The molecule has 1 fully saturated rings. The molecule has 20 heavy (non-hydrogen) atoms. The Morgan fingerprint density at radius 1 is 1.45 bits per heavy atom. The van der Waals surface area contributed by atoms with Crippen molar-refractivity contribution in [3.63, 3.8) is 0 Å². The molecule has 0 bridgehead atoms. The quantitative estimate of drug-likeness (QED) is 0.866. The second-order valence-corrected chi connectivity index (χ2v) is 4.70. The third-order valence-electron chi connectivity index (χ3n) is 3.24. The van der Waals surface area contributed by atoms with Crippen LogP contribution in [0.1, 0.15) is 12.0 Å². The van der Waals surface area contributed by atoms with E-state index in [4.69, 9.17) is 0 Å². The molecule has 1 N–H and O–H groups in total. The number of carbonyl (C=O) groups excluding carboxylic acids is 1. The highest BCUT2D eigenvalue weighted by Gasteiger charge is 2.31. The van der Waals surface area contributed by atoms with Gasteiger partial charge in [0, 0.05) is 24.8 Å². The van der Waals surface area contributed by atoms with Crippen molar-refractivity contribution < 1.29 is 18.0 Å². The summed E-state index contributed by atoms with van der Waals surface area (Å²) in [5.41, 5.74) is -0.266. The van der Waals surface area contributed by atoms with Crippen molar-refractivity contribution >= 4 is 11.6 Å². The fourth-order valence-electron chi connectivity index (χ4n) is 2.23. The van der Waals surface area contributed by atoms with Gasteiger partial charge in [-0.25, -0.2) is 0 Å². The van der Waals surface area contributed by atoms with Crippen molar-refractivity contribution in [3.8, 4) is 0 Å². The molecule has 1 aliphatic heterocycles. The first kappa shape index (κ1) is 14.4. The van der Waals surface area contributed by atoms with Crippen LogP contribution in [0.15, 0.2) is 36.9 Å². The first-order chi connectivity index (χ1) is 9.40. The van der Waals surface area contributed by atoms with Crippen molar-refractivity contribution in [2.75, 3.05) is 18.4 Å². The Labute approximate surface area is 115 Å². The molecule has 1 saturated heterocycles. The Bertz CT molecular complexity index is 513. The SMILES string of the molecule is C=CC(=O)N1CC[C@@H](Nc2cccc(C(F)(F)F)c2)C1. The summed E-state index contributed by atoms with van der Waals surface area (Å²) in [6, 6.07) is 5.04. The van der Waals surface area contributed by atoms with Gasteiger partial charge < -0.3 is 10.2 Å². The summed E-state index contributed by atoms with van der Waals surface area (Å²) >= 11 is 0. The Balaban J connectivity index is 2.01. The summed E-state index contributed by atoms with van der Waals surface area (Å²) in [6.45, 7) is 4.47. The van der Waals surface area contributed by atoms with Gasteiger partial charge in [0.2, 0.25) is 5.91 Å². The van der Waals surface area contributed by atoms with E-state index in [0.29, 0.717) is 25.2 Å². The Morgan fingerprint density at radius 2 is 2.20 bits per heavy atom. The van der Waals surface area contributed by atoms with Crippen molar-refractivity contribution in [3.05, 3.63) is 42.5 Å². The van der Waals surface area contributed by atoms with E-state index < -0.39 is 11.7 Å². The summed E-state index contributed by atoms with van der Waals surface area (Å²) < 4.78 is 37.8. The summed E-state index contributed by atoms with van der Waals surface area (Å²) in [5, 5.41) is 3.03. The molecule has 1 aromatic rings. The molecular formula is C14H15F3N2O. The number of benzene rings is 1. The van der Waals surface area contributed by atoms with Crippen LogP contribution in [0.25, 0.3) is 0 Å². The Kier molecular flexibility index (Phi) is 4.01. The first-order valence-corrected chi connectivity index (χ1v) is 6.25. The van der Waals surface area contributed by atoms with Gasteiger partial charge in [0.15, 0.2) is 0 Å². The summed E-state index contributed by atoms with van der Waals surface area (Å²) in [4.78, 5) is 13.1. The molecule has 1 heterocycles. The first-order valence-electron chi connectivity index (χ1n) is 6.25. The minimum atomic E-state index is -4.35. The third-order valence-corrected chi connectivity index (χ3v) is 3.24. The van der Waals surface area contributed by atoms with Gasteiger partial charge in [0.25, 0.3) is 0 Å². The van der Waals surface area contributed by atoms with Gasteiger partial charge in [0.1, 0.15) is 0 Å². The van der Waals surface area contributed by atoms with E-state index in [2.05, 4.69) is 11.9 Å². The largest absolute Gasteiger partial charge is 0.416 e. The number of hydrogen-bond acceptors (Lipinski definition) is 2. The van der Waals surface area contributed by atoms with E-state index in [1.165, 1.54) is 12.1 Å². The van der Waals surface area contributed by atoms with Gasteiger partial charge >= 0.3 is 6.18 Å². The minimum Gasteiger partial charge on any atom is -0.380 e. The van der Waals surface area contributed by atoms with Crippen LogP contribution in [0.3, 0.4) is 0 Å². The van der Waals surface area contributed by atoms with Crippen LogP contribution < -0.4 is 5.32 Å². The highest BCUT2D eigenvalue weighted by atomic mass is 19.4. The van der Waals surface area contributed by atoms with Crippen molar-refractivity contribution in [1.82, 2.24) is 4.90 Å². The minimum absolute atomic E-state index is 0.0395. The number of amides is 1. The molecule has 1 aromatic carbocycles. The molecule has 0 spiro atoms. The van der Waals surface area contributed by atoms with E-state index in [0.717, 1.165) is 12.1 Å². The zero-order valence-corrected chi connectivity index (χ0v) is 10.8. The fraction of sp³-hybridized carbons (Fsp3) is 0.357. The van der Waals surface area contributed by atoms with Crippen LogP contribution in [0.2, 0.25) is 0 Å². The number of rotatable bonds is 3. The molecule has 0 radical (unpaired) electrons. The third kappa shape index (κ3) is 3.31. The molecule has 108 valence electrons. The highest BCUT2D eigenvalue weighted by Crippen LogP contribution is 2.31. The van der Waals surface area contributed by atoms with E-state index in [1.54, 1.807) is 11.0 Å². The summed E-state index contributed by atoms with van der Waals surface area (Å²) in [6.07, 6.45) is -2.40. The number of alkyl halides is 3. The lowest BCUT2D eigenvalue weighted by Crippen LogP contribution is -2.30. The molecular weight excluding hydrogens is 269 g/mol. The molecule has 6 heteroatoms. The topological polar surface area (TPSA) is 32.3 Å². The Morgan fingerprint density at radius 3 is 2.85 bits per heavy atom. The van der Waals surface area contributed by atoms with Crippen LogP contribution in [0.4, 0.5) is 18.9 Å². The standard InChI is InChI=1S/C14H15F3N2O/c1-2-13(20)19-7-6-12(9-19)18-11-5-3-4-10(8-11)14(15,16)17/h2-5,8,12,18H,1,6-7,9H2/t12-/m1/s1. The molecule has 0 saturated carbocycles. The fourth-order valence-corrected chi connectivity index (χ4v) is 2.23. The van der Waals surface area contributed by atoms with Gasteiger partial charge in [0.05, 0.1) is 5.56 Å². The highest BCUT2D eigenvalue weighted by molar-refractivity contribution is 5.87. The normalized spacial score (nSPS) is 18.9. The number of halogens is 3. The number of anilines is 1. The lowest BCUT2D eigenvalue weighted by molar-refractivity contribution is -0.137. The van der Waals surface area contributed by atoms with Crippen molar-refractivity contribution in [2.45, 2.75) is 18.6 Å². The van der Waals surface area contributed by atoms with Gasteiger partial charge in [-0.1, -0.05) is 12.6 Å². The summed E-state index contributed by atoms with van der Waals surface area (Å²) in [5.74, 6) is -0.154. The molecule has 0 aliphatic carbocycles. The predicted molar refractivity (Wildman–Crippen MR) is 70.2 cm³/mol. The molecule has 0 unspecified atom stereocenters. The number of nitrogens with one attached hydrogen (secondary N) is 1. The number of carbonyl (C=O) groups is 1. The van der Waals surface area contributed by atoms with E-state index >= 15 is 0 Å². The number of likely N-dealkylation sites (tertiary alicyclic amines) is 1.